The highest BCUT2D eigenvalue weighted by Crippen LogP contribution is 2.14. The van der Waals surface area contributed by atoms with Gasteiger partial charge in [-0.2, -0.15) is 0 Å². The molecule has 3 rings (SSSR count). The van der Waals surface area contributed by atoms with Crippen molar-refractivity contribution in [3.05, 3.63) is 18.6 Å². The summed E-state index contributed by atoms with van der Waals surface area (Å²) in [6.07, 6.45) is 5.18. The molecule has 1 saturated heterocycles. The Balaban J connectivity index is 1.51. The minimum atomic E-state index is -0.168. The zero-order valence-corrected chi connectivity index (χ0v) is 13.0. The molecule has 0 atom stereocenters. The number of aryl methyl sites for hydroxylation is 1. The molecule has 0 unspecified atom stereocenters. The first-order valence-electron chi connectivity index (χ1n) is 6.84. The highest BCUT2D eigenvalue weighted by molar-refractivity contribution is 7.99. The summed E-state index contributed by atoms with van der Waals surface area (Å²) in [6, 6.07) is 0. The Kier molecular flexibility index (Phi) is 4.59. The first-order chi connectivity index (χ1) is 10.7. The summed E-state index contributed by atoms with van der Waals surface area (Å²) in [5.74, 6) is 0.401. The van der Waals surface area contributed by atoms with E-state index in [1.807, 2.05) is 22.8 Å². The SMILES string of the molecule is Cn1ccnc1SCC(=O)Nc1c[n+](N2CCOCC2)no1. The van der Waals surface area contributed by atoms with Crippen LogP contribution < -0.4 is 15.1 Å². The Bertz CT molecular complexity index is 636. The number of nitrogens with zero attached hydrogens (tertiary/aromatic N) is 5. The number of carbonyl (C=O) groups excluding carboxylic acids is 1. The molecule has 0 spiro atoms. The lowest BCUT2D eigenvalue weighted by molar-refractivity contribution is -0.759. The van der Waals surface area contributed by atoms with Gasteiger partial charge < -0.3 is 9.30 Å². The maximum atomic E-state index is 11.9. The topological polar surface area (TPSA) is 89.3 Å². The largest absolute Gasteiger partial charge is 0.377 e. The number of imidazole rings is 1. The van der Waals surface area contributed by atoms with Gasteiger partial charge in [-0.3, -0.25) is 14.6 Å². The van der Waals surface area contributed by atoms with Gasteiger partial charge in [0.05, 0.1) is 36.8 Å². The van der Waals surface area contributed by atoms with Crippen molar-refractivity contribution < 1.29 is 18.8 Å². The number of hydrogen-bond acceptors (Lipinski definition) is 7. The molecule has 3 heterocycles. The zero-order chi connectivity index (χ0) is 15.4. The van der Waals surface area contributed by atoms with E-state index in [1.165, 1.54) is 11.8 Å². The Morgan fingerprint density at radius 1 is 1.50 bits per heavy atom. The molecule has 118 valence electrons. The molecular weight excluding hydrogens is 308 g/mol. The number of ether oxygens (including phenoxy) is 1. The molecule has 1 N–H and O–H groups in total. The summed E-state index contributed by atoms with van der Waals surface area (Å²) in [4.78, 5) is 17.6. The number of hydrogen-bond donors (Lipinski definition) is 1. The van der Waals surface area contributed by atoms with E-state index in [-0.39, 0.29) is 11.7 Å². The third-order valence-electron chi connectivity index (χ3n) is 3.10. The summed E-state index contributed by atoms with van der Waals surface area (Å²) in [6.45, 7) is 2.78. The molecule has 22 heavy (non-hydrogen) atoms. The van der Waals surface area contributed by atoms with Gasteiger partial charge in [0.2, 0.25) is 11.2 Å². The van der Waals surface area contributed by atoms with Crippen LogP contribution in [0.15, 0.2) is 28.3 Å². The van der Waals surface area contributed by atoms with Crippen LogP contribution in [0.2, 0.25) is 0 Å². The molecule has 2 aromatic heterocycles. The standard InChI is InChI=1S/C12H16N6O3S/c1-16-3-2-13-12(16)22-9-10(19)14-11-8-18(15-21-11)17-4-6-20-7-5-17/h2-3,8H,4-7,9H2,1H3/p+1. The second kappa shape index (κ2) is 6.79. The summed E-state index contributed by atoms with van der Waals surface area (Å²) in [7, 11) is 1.88. The average molecular weight is 325 g/mol. The van der Waals surface area contributed by atoms with Gasteiger partial charge in [-0.05, 0) is 0 Å². The minimum Gasteiger partial charge on any atom is -0.377 e. The average Bonchev–Trinajstić information content (AvgIpc) is 3.15. The second-order valence-corrected chi connectivity index (χ2v) is 5.65. The van der Waals surface area contributed by atoms with Crippen LogP contribution in [0.25, 0.3) is 0 Å². The number of thioether (sulfide) groups is 1. The van der Waals surface area contributed by atoms with Gasteiger partial charge in [-0.25, -0.2) is 4.98 Å². The molecule has 1 amide bonds. The van der Waals surface area contributed by atoms with Gasteiger partial charge >= 0.3 is 5.88 Å². The van der Waals surface area contributed by atoms with Gasteiger partial charge in [0.25, 0.3) is 6.20 Å². The van der Waals surface area contributed by atoms with Crippen molar-refractivity contribution in [2.75, 3.05) is 42.4 Å². The summed E-state index contributed by atoms with van der Waals surface area (Å²) >= 11 is 1.36. The third-order valence-corrected chi connectivity index (χ3v) is 4.16. The van der Waals surface area contributed by atoms with Crippen LogP contribution in [0.4, 0.5) is 5.88 Å². The molecule has 1 aliphatic heterocycles. The van der Waals surface area contributed by atoms with Gasteiger partial charge in [-0.1, -0.05) is 11.8 Å². The van der Waals surface area contributed by atoms with Crippen molar-refractivity contribution >= 4 is 23.6 Å². The van der Waals surface area contributed by atoms with Crippen LogP contribution in [-0.4, -0.2) is 52.8 Å². The Hall–Kier alpha value is -2.07. The highest BCUT2D eigenvalue weighted by atomic mass is 32.2. The van der Waals surface area contributed by atoms with Crippen LogP contribution >= 0.6 is 11.8 Å². The van der Waals surface area contributed by atoms with E-state index < -0.39 is 0 Å². The lowest BCUT2D eigenvalue weighted by atomic mass is 10.5. The van der Waals surface area contributed by atoms with Crippen molar-refractivity contribution in [2.24, 2.45) is 7.05 Å². The predicted octanol–water partition coefficient (Wildman–Crippen LogP) is -0.605. The van der Waals surface area contributed by atoms with Crippen LogP contribution in [0.1, 0.15) is 0 Å². The van der Waals surface area contributed by atoms with E-state index >= 15 is 0 Å². The van der Waals surface area contributed by atoms with E-state index in [2.05, 4.69) is 15.6 Å². The Morgan fingerprint density at radius 2 is 2.32 bits per heavy atom. The fraction of sp³-hybridized carbons (Fsp3) is 0.500. The van der Waals surface area contributed by atoms with Crippen LogP contribution in [0.5, 0.6) is 0 Å². The van der Waals surface area contributed by atoms with E-state index in [1.54, 1.807) is 17.2 Å². The lowest BCUT2D eigenvalue weighted by Crippen LogP contribution is -2.62. The molecular formula is C12H17N6O3S+. The van der Waals surface area contributed by atoms with Crippen molar-refractivity contribution in [3.8, 4) is 0 Å². The second-order valence-electron chi connectivity index (χ2n) is 4.71. The fourth-order valence-corrected chi connectivity index (χ4v) is 2.71. The van der Waals surface area contributed by atoms with Crippen LogP contribution in [-0.2, 0) is 16.6 Å². The number of carbonyl (C=O) groups is 1. The molecule has 0 aromatic carbocycles. The maximum absolute atomic E-state index is 11.9. The van der Waals surface area contributed by atoms with Crippen LogP contribution in [0.3, 0.4) is 0 Å². The van der Waals surface area contributed by atoms with Crippen molar-refractivity contribution in [1.29, 1.82) is 0 Å². The van der Waals surface area contributed by atoms with Gasteiger partial charge in [0, 0.05) is 19.4 Å². The van der Waals surface area contributed by atoms with E-state index in [0.717, 1.165) is 18.2 Å². The van der Waals surface area contributed by atoms with Crippen molar-refractivity contribution in [3.63, 3.8) is 0 Å². The highest BCUT2D eigenvalue weighted by Gasteiger charge is 2.23. The van der Waals surface area contributed by atoms with E-state index in [0.29, 0.717) is 19.1 Å². The van der Waals surface area contributed by atoms with Crippen molar-refractivity contribution in [2.45, 2.75) is 5.16 Å². The zero-order valence-electron chi connectivity index (χ0n) is 12.1. The summed E-state index contributed by atoms with van der Waals surface area (Å²) in [5.41, 5.74) is 0. The first-order valence-corrected chi connectivity index (χ1v) is 7.82. The number of amides is 1. The monoisotopic (exact) mass is 325 g/mol. The molecule has 0 bridgehead atoms. The maximum Gasteiger partial charge on any atom is 0.305 e. The molecule has 10 heteroatoms. The summed E-state index contributed by atoms with van der Waals surface area (Å²) in [5, 5.41) is 9.34. The van der Waals surface area contributed by atoms with E-state index in [4.69, 9.17) is 9.26 Å². The minimum absolute atomic E-state index is 0.168. The van der Waals surface area contributed by atoms with E-state index in [9.17, 15) is 4.79 Å². The molecule has 9 nitrogen and oxygen atoms in total. The fourth-order valence-electron chi connectivity index (χ4n) is 1.98. The molecule has 0 radical (unpaired) electrons. The number of nitrogens with one attached hydrogen (secondary N) is 1. The lowest BCUT2D eigenvalue weighted by Gasteiger charge is -2.18. The first kappa shape index (κ1) is 14.9. The number of rotatable bonds is 5. The molecule has 1 aliphatic rings. The number of aromatic nitrogens is 4. The van der Waals surface area contributed by atoms with Crippen LogP contribution in [0, 0.1) is 0 Å². The summed E-state index contributed by atoms with van der Waals surface area (Å²) < 4.78 is 12.3. The van der Waals surface area contributed by atoms with Crippen molar-refractivity contribution in [1.82, 2.24) is 14.8 Å². The Morgan fingerprint density at radius 3 is 3.05 bits per heavy atom. The third kappa shape index (κ3) is 3.57. The van der Waals surface area contributed by atoms with Gasteiger partial charge in [0.15, 0.2) is 5.16 Å². The quantitative estimate of drug-likeness (QED) is 0.580. The smallest absolute Gasteiger partial charge is 0.305 e. The molecule has 0 aliphatic carbocycles. The molecule has 0 saturated carbocycles. The normalized spacial score (nSPS) is 15.0. The molecule has 1 fully saturated rings. The molecule has 2 aromatic rings. The van der Waals surface area contributed by atoms with Gasteiger partial charge in [-0.15, -0.1) is 5.01 Å². The van der Waals surface area contributed by atoms with Gasteiger partial charge in [0.1, 0.15) is 0 Å². The number of morpholine rings is 1. The predicted molar refractivity (Wildman–Crippen MR) is 78.0 cm³/mol. The number of anilines is 1. The Labute approximate surface area is 131 Å².